The number of amides is 1. The Hall–Kier alpha value is -1.99. The average molecular weight is 318 g/mol. The Bertz CT molecular complexity index is 822. The van der Waals surface area contributed by atoms with Gasteiger partial charge in [0.05, 0.1) is 27.5 Å². The van der Waals surface area contributed by atoms with Crippen LogP contribution in [-0.2, 0) is 6.54 Å². The molecule has 108 valence electrons. The number of nitrogens with zero attached hydrogens (tertiary/aromatic N) is 2. The third kappa shape index (κ3) is 2.88. The number of carbonyl (C=O) groups is 1. The number of hydrogen-bond donors (Lipinski definition) is 2. The number of rotatable bonds is 3. The van der Waals surface area contributed by atoms with E-state index in [1.807, 2.05) is 31.4 Å². The van der Waals surface area contributed by atoms with Gasteiger partial charge in [0.25, 0.3) is 5.91 Å². The van der Waals surface area contributed by atoms with Gasteiger partial charge in [0, 0.05) is 10.9 Å². The van der Waals surface area contributed by atoms with Crippen molar-refractivity contribution in [2.24, 2.45) is 0 Å². The normalized spacial score (nSPS) is 11.0. The predicted octanol–water partition coefficient (Wildman–Crippen LogP) is 2.88. The molecular weight excluding hydrogens is 304 g/mol. The second kappa shape index (κ2) is 5.42. The second-order valence-corrected chi connectivity index (χ2v) is 6.86. The molecule has 0 spiro atoms. The molecule has 5 nitrogen and oxygen atoms in total. The van der Waals surface area contributed by atoms with Gasteiger partial charge in [0.2, 0.25) is 0 Å². The molecule has 21 heavy (non-hydrogen) atoms. The van der Waals surface area contributed by atoms with E-state index >= 15 is 0 Å². The summed E-state index contributed by atoms with van der Waals surface area (Å²) in [6, 6.07) is 3.67. The van der Waals surface area contributed by atoms with Crippen LogP contribution in [0, 0.1) is 13.8 Å². The zero-order valence-corrected chi connectivity index (χ0v) is 13.3. The minimum atomic E-state index is -0.113. The molecule has 0 unspecified atom stereocenters. The maximum absolute atomic E-state index is 12.2. The van der Waals surface area contributed by atoms with Gasteiger partial charge in [-0.25, -0.2) is 9.97 Å². The van der Waals surface area contributed by atoms with Gasteiger partial charge >= 0.3 is 0 Å². The van der Waals surface area contributed by atoms with Gasteiger partial charge in [-0.15, -0.1) is 11.3 Å². The highest BCUT2D eigenvalue weighted by atomic mass is 32.1. The fourth-order valence-electron chi connectivity index (χ4n) is 2.11. The van der Waals surface area contributed by atoms with Gasteiger partial charge in [0.15, 0.2) is 5.13 Å². The number of anilines is 1. The molecule has 0 saturated carbocycles. The summed E-state index contributed by atoms with van der Waals surface area (Å²) in [5.41, 5.74) is 9.04. The molecule has 0 fully saturated rings. The van der Waals surface area contributed by atoms with Crippen LogP contribution in [0.5, 0.6) is 0 Å². The Balaban J connectivity index is 1.80. The summed E-state index contributed by atoms with van der Waals surface area (Å²) in [4.78, 5) is 20.8. The number of fused-ring (bicyclic) bond motifs is 1. The number of benzene rings is 1. The van der Waals surface area contributed by atoms with Gasteiger partial charge in [-0.3, -0.25) is 4.79 Å². The fraction of sp³-hybridized carbons (Fsp3) is 0.214. The van der Waals surface area contributed by atoms with Crippen molar-refractivity contribution in [3.05, 3.63) is 39.3 Å². The quantitative estimate of drug-likeness (QED) is 0.778. The van der Waals surface area contributed by atoms with Crippen molar-refractivity contribution in [2.45, 2.75) is 20.4 Å². The monoisotopic (exact) mass is 318 g/mol. The first kappa shape index (κ1) is 14.0. The number of thiazole rings is 2. The molecule has 1 aromatic carbocycles. The van der Waals surface area contributed by atoms with Crippen LogP contribution in [-0.4, -0.2) is 15.9 Å². The Labute approximate surface area is 129 Å². The zero-order chi connectivity index (χ0) is 15.0. The van der Waals surface area contributed by atoms with E-state index < -0.39 is 0 Å². The second-order valence-electron chi connectivity index (χ2n) is 4.73. The molecule has 3 aromatic rings. The summed E-state index contributed by atoms with van der Waals surface area (Å²) in [5, 5.41) is 6.35. The highest BCUT2D eigenvalue weighted by Gasteiger charge is 2.12. The number of nitrogens with two attached hydrogens (primary N) is 1. The molecule has 0 bridgehead atoms. The number of carbonyl (C=O) groups excluding carboxylic acids is 1. The molecule has 0 saturated heterocycles. The molecule has 1 amide bonds. The van der Waals surface area contributed by atoms with Crippen molar-refractivity contribution in [1.82, 2.24) is 15.3 Å². The minimum Gasteiger partial charge on any atom is -0.375 e. The van der Waals surface area contributed by atoms with Gasteiger partial charge in [0.1, 0.15) is 0 Å². The summed E-state index contributed by atoms with van der Waals surface area (Å²) < 4.78 is 0.933. The van der Waals surface area contributed by atoms with Crippen molar-refractivity contribution < 1.29 is 4.79 Å². The highest BCUT2D eigenvalue weighted by Crippen LogP contribution is 2.27. The Morgan fingerprint density at radius 3 is 2.86 bits per heavy atom. The lowest BCUT2D eigenvalue weighted by Gasteiger charge is -2.05. The van der Waals surface area contributed by atoms with Crippen LogP contribution in [0.25, 0.3) is 10.2 Å². The maximum atomic E-state index is 12.2. The molecule has 2 aromatic heterocycles. The summed E-state index contributed by atoms with van der Waals surface area (Å²) >= 11 is 2.97. The molecule has 3 rings (SSSR count). The molecular formula is C14H14N4OS2. The number of aromatic nitrogens is 2. The van der Waals surface area contributed by atoms with Gasteiger partial charge in [-0.2, -0.15) is 0 Å². The molecule has 2 heterocycles. The van der Waals surface area contributed by atoms with Gasteiger partial charge < -0.3 is 11.1 Å². The van der Waals surface area contributed by atoms with E-state index in [1.165, 1.54) is 11.3 Å². The van der Waals surface area contributed by atoms with E-state index in [4.69, 9.17) is 5.73 Å². The molecule has 0 aliphatic rings. The predicted molar refractivity (Wildman–Crippen MR) is 86.8 cm³/mol. The number of nitrogens with one attached hydrogen (secondary N) is 1. The largest absolute Gasteiger partial charge is 0.375 e. The van der Waals surface area contributed by atoms with Crippen LogP contribution in [0.3, 0.4) is 0 Å². The highest BCUT2D eigenvalue weighted by molar-refractivity contribution is 7.22. The minimum absolute atomic E-state index is 0.113. The van der Waals surface area contributed by atoms with E-state index in [9.17, 15) is 4.79 Å². The first-order valence-electron chi connectivity index (χ1n) is 6.39. The average Bonchev–Trinajstić information content (AvgIpc) is 3.01. The van der Waals surface area contributed by atoms with Crippen LogP contribution >= 0.6 is 22.7 Å². The Morgan fingerprint density at radius 1 is 1.33 bits per heavy atom. The molecule has 0 aliphatic heterocycles. The molecule has 0 aliphatic carbocycles. The lowest BCUT2D eigenvalue weighted by molar-refractivity contribution is 0.0950. The van der Waals surface area contributed by atoms with E-state index in [0.29, 0.717) is 17.2 Å². The van der Waals surface area contributed by atoms with Crippen molar-refractivity contribution in [1.29, 1.82) is 0 Å². The summed E-state index contributed by atoms with van der Waals surface area (Å²) in [6.45, 7) is 4.31. The molecule has 7 heteroatoms. The third-order valence-electron chi connectivity index (χ3n) is 3.06. The van der Waals surface area contributed by atoms with Crippen LogP contribution in [0.1, 0.15) is 26.6 Å². The first-order valence-corrected chi connectivity index (χ1v) is 8.08. The fourth-order valence-corrected chi connectivity index (χ4v) is 3.57. The maximum Gasteiger partial charge on any atom is 0.251 e. The smallest absolute Gasteiger partial charge is 0.251 e. The first-order chi connectivity index (χ1) is 10.0. The van der Waals surface area contributed by atoms with E-state index in [-0.39, 0.29) is 5.91 Å². The summed E-state index contributed by atoms with van der Waals surface area (Å²) in [5.74, 6) is -0.113. The van der Waals surface area contributed by atoms with Crippen molar-refractivity contribution in [3.63, 3.8) is 0 Å². The van der Waals surface area contributed by atoms with Crippen molar-refractivity contribution in [3.8, 4) is 0 Å². The van der Waals surface area contributed by atoms with Gasteiger partial charge in [-0.1, -0.05) is 11.3 Å². The number of nitrogen functional groups attached to an aromatic ring is 1. The SMILES string of the molecule is Cc1nc(CNC(=O)c2cc(C)c3nc(N)sc3c2)cs1. The Kier molecular flexibility index (Phi) is 3.60. The molecule has 3 N–H and O–H groups in total. The summed E-state index contributed by atoms with van der Waals surface area (Å²) in [7, 11) is 0. The lowest BCUT2D eigenvalue weighted by atomic mass is 10.1. The standard InChI is InChI=1S/C14H14N4OS2/c1-7-3-9(4-11-12(7)18-14(15)21-11)13(19)16-5-10-6-20-8(2)17-10/h3-4,6H,5H2,1-2H3,(H2,15,18)(H,16,19). The van der Waals surface area contributed by atoms with Crippen molar-refractivity contribution in [2.75, 3.05) is 5.73 Å². The number of hydrogen-bond acceptors (Lipinski definition) is 6. The lowest BCUT2D eigenvalue weighted by Crippen LogP contribution is -2.23. The van der Waals surface area contributed by atoms with Crippen LogP contribution in [0.4, 0.5) is 5.13 Å². The van der Waals surface area contributed by atoms with Gasteiger partial charge in [-0.05, 0) is 31.5 Å². The van der Waals surface area contributed by atoms with Crippen LogP contribution in [0.2, 0.25) is 0 Å². The van der Waals surface area contributed by atoms with Crippen LogP contribution in [0.15, 0.2) is 17.5 Å². The Morgan fingerprint density at radius 2 is 2.14 bits per heavy atom. The zero-order valence-electron chi connectivity index (χ0n) is 11.6. The van der Waals surface area contributed by atoms with Crippen LogP contribution < -0.4 is 11.1 Å². The molecule has 0 radical (unpaired) electrons. The third-order valence-corrected chi connectivity index (χ3v) is 4.71. The van der Waals surface area contributed by atoms with E-state index in [1.54, 1.807) is 11.3 Å². The number of aryl methyl sites for hydroxylation is 2. The van der Waals surface area contributed by atoms with E-state index in [2.05, 4.69) is 15.3 Å². The van der Waals surface area contributed by atoms with E-state index in [0.717, 1.165) is 26.5 Å². The topological polar surface area (TPSA) is 80.9 Å². The summed E-state index contributed by atoms with van der Waals surface area (Å²) in [6.07, 6.45) is 0. The van der Waals surface area contributed by atoms with Crippen molar-refractivity contribution >= 4 is 43.9 Å². The molecule has 0 atom stereocenters.